The first-order chi connectivity index (χ1) is 29.6. The number of hydrogen-bond acceptors (Lipinski definition) is 9. The van der Waals surface area contributed by atoms with Crippen molar-refractivity contribution in [2.45, 2.75) is 30.4 Å². The predicted octanol–water partition coefficient (Wildman–Crippen LogP) is 8.54. The third-order valence-electron chi connectivity index (χ3n) is 12.5. The number of carbonyl (C=O) groups excluding carboxylic acids is 5. The number of imide groups is 2. The molecule has 0 unspecified atom stereocenters. The fourth-order valence-electron chi connectivity index (χ4n) is 9.80. The summed E-state index contributed by atoms with van der Waals surface area (Å²) >= 11 is 12.6. The maximum Gasteiger partial charge on any atom is 0.417 e. The Hall–Kier alpha value is -6.51. The van der Waals surface area contributed by atoms with E-state index in [1.54, 1.807) is 91.0 Å². The van der Waals surface area contributed by atoms with Crippen LogP contribution in [0.25, 0.3) is 0 Å². The minimum atomic E-state index is -4.78. The predicted molar refractivity (Wildman–Crippen MR) is 220 cm³/mol. The zero-order valence-corrected chi connectivity index (χ0v) is 33.9. The van der Waals surface area contributed by atoms with Crippen molar-refractivity contribution in [2.75, 3.05) is 17.4 Å². The van der Waals surface area contributed by atoms with Gasteiger partial charge in [-0.25, -0.2) is 4.98 Å². The monoisotopic (exact) mass is 880 g/mol. The molecule has 5 aromatic rings. The Bertz CT molecular complexity index is 2730. The Labute approximate surface area is 361 Å². The first-order valence-electron chi connectivity index (χ1n) is 19.4. The molecule has 4 aliphatic rings. The molecule has 9 rings (SSSR count). The molecule has 62 heavy (non-hydrogen) atoms. The largest absolute Gasteiger partial charge is 0.504 e. The second-order valence-corrected chi connectivity index (χ2v) is 16.4. The molecule has 2 saturated heterocycles. The van der Waals surface area contributed by atoms with E-state index in [2.05, 4.69) is 10.4 Å². The number of nitrogens with zero attached hydrogens (tertiary/aromatic N) is 3. The van der Waals surface area contributed by atoms with Crippen molar-refractivity contribution in [1.29, 1.82) is 0 Å². The van der Waals surface area contributed by atoms with Crippen LogP contribution in [0.3, 0.4) is 0 Å². The molecule has 4 amide bonds. The average molecular weight is 882 g/mol. The first kappa shape index (κ1) is 40.9. The van der Waals surface area contributed by atoms with Gasteiger partial charge in [-0.3, -0.25) is 34.3 Å². The zero-order chi connectivity index (χ0) is 43.8. The molecule has 0 radical (unpaired) electrons. The van der Waals surface area contributed by atoms with Crippen molar-refractivity contribution in [3.63, 3.8) is 0 Å². The summed E-state index contributed by atoms with van der Waals surface area (Å²) < 4.78 is 46.2. The van der Waals surface area contributed by atoms with Gasteiger partial charge in [0.05, 0.1) is 46.6 Å². The van der Waals surface area contributed by atoms with Crippen LogP contribution in [-0.2, 0) is 30.8 Å². The molecule has 3 fully saturated rings. The number of hydrazine groups is 1. The third kappa shape index (κ3) is 6.34. The Morgan fingerprint density at radius 3 is 2.23 bits per heavy atom. The number of alkyl halides is 3. The van der Waals surface area contributed by atoms with Gasteiger partial charge in [0.15, 0.2) is 23.1 Å². The van der Waals surface area contributed by atoms with Crippen LogP contribution in [-0.4, -0.2) is 51.6 Å². The second kappa shape index (κ2) is 15.1. The molecule has 0 spiro atoms. The van der Waals surface area contributed by atoms with Gasteiger partial charge in [-0.2, -0.15) is 18.2 Å². The summed E-state index contributed by atoms with van der Waals surface area (Å²) in [5.74, 6) is -8.24. The summed E-state index contributed by atoms with van der Waals surface area (Å²) in [6.07, 6.45) is -2.42. The number of carbonyl (C=O) groups is 5. The van der Waals surface area contributed by atoms with Crippen LogP contribution >= 0.6 is 23.2 Å². The lowest BCUT2D eigenvalue weighted by molar-refractivity contribution is -0.139. The number of methoxy groups -OCH3 is 1. The van der Waals surface area contributed by atoms with Gasteiger partial charge < -0.3 is 9.84 Å². The molecule has 0 bridgehead atoms. The van der Waals surface area contributed by atoms with Crippen LogP contribution in [0.1, 0.15) is 51.4 Å². The lowest BCUT2D eigenvalue weighted by Gasteiger charge is -2.50. The maximum atomic E-state index is 15.4. The van der Waals surface area contributed by atoms with Crippen molar-refractivity contribution in [2.24, 2.45) is 23.7 Å². The minimum absolute atomic E-state index is 0.0571. The number of amides is 4. The van der Waals surface area contributed by atoms with E-state index < -0.39 is 81.2 Å². The van der Waals surface area contributed by atoms with Crippen LogP contribution in [0.2, 0.25) is 10.0 Å². The summed E-state index contributed by atoms with van der Waals surface area (Å²) in [5, 5.41) is 11.2. The lowest BCUT2D eigenvalue weighted by Crippen LogP contribution is -2.53. The van der Waals surface area contributed by atoms with Crippen LogP contribution < -0.4 is 15.1 Å². The number of aromatic nitrogens is 1. The molecule has 2 aliphatic carbocycles. The number of rotatable bonds is 8. The Balaban J connectivity index is 1.16. The zero-order valence-electron chi connectivity index (χ0n) is 32.4. The summed E-state index contributed by atoms with van der Waals surface area (Å²) in [5.41, 5.74) is 2.13. The molecular weight excluding hydrogens is 848 g/mol. The Morgan fingerprint density at radius 1 is 0.871 bits per heavy atom. The molecule has 1 saturated carbocycles. The molecule has 3 heterocycles. The maximum absolute atomic E-state index is 15.4. The van der Waals surface area contributed by atoms with Crippen molar-refractivity contribution in [1.82, 2.24) is 9.99 Å². The highest BCUT2D eigenvalue weighted by Crippen LogP contribution is 2.64. The molecule has 2 aliphatic heterocycles. The van der Waals surface area contributed by atoms with Gasteiger partial charge in [-0.05, 0) is 84.5 Å². The van der Waals surface area contributed by atoms with Gasteiger partial charge in [0, 0.05) is 28.3 Å². The SMILES string of the molecule is COc1cc([C@H]2C3=CC[C@@H]4C(=O)N(c5ccc(C(=O)c6ccccc6)cc5)C(=O)[C@@H]4[C@@H]3C[C@H]3C(=O)N(Nc4ncc(C(F)(F)F)cc4Cl)C(=O)[C@@]23c2ccc(Cl)cc2)ccc1O. The number of ketones is 1. The number of phenols is 1. The fraction of sp³-hybridized carbons (Fsp3) is 0.217. The number of aromatic hydroxyl groups is 1. The summed E-state index contributed by atoms with van der Waals surface area (Å²) in [6, 6.07) is 26.3. The quantitative estimate of drug-likeness (QED) is 0.0890. The Morgan fingerprint density at radius 2 is 1.56 bits per heavy atom. The number of anilines is 2. The Kier molecular flexibility index (Phi) is 9.98. The van der Waals surface area contributed by atoms with Crippen LogP contribution in [0, 0.1) is 23.7 Å². The van der Waals surface area contributed by atoms with Crippen molar-refractivity contribution >= 4 is 64.1 Å². The number of fused-ring (bicyclic) bond motifs is 4. The molecule has 16 heteroatoms. The van der Waals surface area contributed by atoms with Crippen molar-refractivity contribution in [3.05, 3.63) is 159 Å². The van der Waals surface area contributed by atoms with Crippen LogP contribution in [0.4, 0.5) is 24.7 Å². The molecule has 314 valence electrons. The van der Waals surface area contributed by atoms with Gasteiger partial charge in [-0.15, -0.1) is 0 Å². The number of allylic oxidation sites excluding steroid dienone is 2. The average Bonchev–Trinajstić information content (AvgIpc) is 3.64. The highest BCUT2D eigenvalue weighted by molar-refractivity contribution is 6.33. The highest BCUT2D eigenvalue weighted by atomic mass is 35.5. The highest BCUT2D eigenvalue weighted by Gasteiger charge is 2.70. The van der Waals surface area contributed by atoms with E-state index in [4.69, 9.17) is 27.9 Å². The number of ether oxygens (including phenoxy) is 1. The van der Waals surface area contributed by atoms with E-state index >= 15 is 4.79 Å². The van der Waals surface area contributed by atoms with E-state index in [1.807, 2.05) is 6.08 Å². The molecule has 6 atom stereocenters. The third-order valence-corrected chi connectivity index (χ3v) is 13.1. The topological polar surface area (TPSA) is 146 Å². The van der Waals surface area contributed by atoms with E-state index in [0.717, 1.165) is 4.90 Å². The molecular formula is C46H33Cl2F3N4O7. The number of benzene rings is 4. The summed E-state index contributed by atoms with van der Waals surface area (Å²) in [4.78, 5) is 77.5. The smallest absolute Gasteiger partial charge is 0.417 e. The first-order valence-corrected chi connectivity index (χ1v) is 20.2. The van der Waals surface area contributed by atoms with E-state index in [9.17, 15) is 37.5 Å². The van der Waals surface area contributed by atoms with Gasteiger partial charge >= 0.3 is 6.18 Å². The standard InChI is InChI=1S/C46H33Cl2F3N4O7/c1-62-36-19-25(9-18-35(36)56)38-30-16-17-31-37(43(60)54(41(31)58)29-14-7-24(8-15-29)39(57)23-5-3-2-4-6-23)32(30)21-33-42(59)55(44(61)45(33,38)26-10-12-28(47)13-11-26)53-40-34(48)20-27(22-52-40)46(49,50)51/h2-16,18-20,22,31-33,37-38,56H,17,21H2,1H3,(H,52,53)/t31-,32+,33-,37-,38-,45+/m0/s1. The van der Waals surface area contributed by atoms with E-state index in [-0.39, 0.29) is 35.8 Å². The van der Waals surface area contributed by atoms with Crippen LogP contribution in [0.15, 0.2) is 121 Å². The lowest BCUT2D eigenvalue weighted by atomic mass is 9.49. The summed E-state index contributed by atoms with van der Waals surface area (Å²) in [7, 11) is 1.35. The molecule has 11 nitrogen and oxygen atoms in total. The van der Waals surface area contributed by atoms with Gasteiger partial charge in [0.1, 0.15) is 0 Å². The van der Waals surface area contributed by atoms with Gasteiger partial charge in [0.25, 0.3) is 11.8 Å². The van der Waals surface area contributed by atoms with Crippen molar-refractivity contribution < 1.29 is 47.0 Å². The number of phenolic OH excluding ortho intramolecular Hbond substituents is 1. The number of nitrogens with one attached hydrogen (secondary N) is 1. The van der Waals surface area contributed by atoms with E-state index in [1.165, 1.54) is 13.2 Å². The molecule has 4 aromatic carbocycles. The normalized spacial score (nSPS) is 24.4. The fourth-order valence-corrected chi connectivity index (χ4v) is 10.1. The molecule has 2 N–H and O–H groups in total. The molecule has 1 aromatic heterocycles. The second-order valence-electron chi connectivity index (χ2n) is 15.6. The number of pyridine rings is 1. The summed E-state index contributed by atoms with van der Waals surface area (Å²) in [6.45, 7) is 0. The number of hydrogen-bond donors (Lipinski definition) is 2. The van der Waals surface area contributed by atoms with E-state index in [0.29, 0.717) is 50.1 Å². The van der Waals surface area contributed by atoms with Crippen molar-refractivity contribution in [3.8, 4) is 11.5 Å². The van der Waals surface area contributed by atoms with Gasteiger partial charge in [0.2, 0.25) is 11.8 Å². The minimum Gasteiger partial charge on any atom is -0.504 e. The van der Waals surface area contributed by atoms with Crippen LogP contribution in [0.5, 0.6) is 11.5 Å². The van der Waals surface area contributed by atoms with Gasteiger partial charge in [-0.1, -0.05) is 83.4 Å². The number of halogens is 5.